The number of benzene rings is 3. The second kappa shape index (κ2) is 17.5. The summed E-state index contributed by atoms with van der Waals surface area (Å²) in [6.07, 6.45) is 9.15. The quantitative estimate of drug-likeness (QED) is 0.0787. The summed E-state index contributed by atoms with van der Waals surface area (Å²) in [5, 5.41) is 27.2. The van der Waals surface area contributed by atoms with Crippen LogP contribution in [-0.4, -0.2) is 93.9 Å². The molecule has 0 bridgehead atoms. The van der Waals surface area contributed by atoms with Gasteiger partial charge in [0, 0.05) is 67.3 Å². The van der Waals surface area contributed by atoms with Crippen LogP contribution < -0.4 is 14.4 Å². The highest BCUT2D eigenvalue weighted by Gasteiger charge is 2.32. The molecule has 1 saturated carbocycles. The number of anilines is 1. The van der Waals surface area contributed by atoms with Gasteiger partial charge in [0.15, 0.2) is 11.4 Å². The van der Waals surface area contributed by atoms with E-state index in [4.69, 9.17) is 16.3 Å². The van der Waals surface area contributed by atoms with E-state index in [2.05, 4.69) is 55.6 Å². The number of nitro groups is 1. The Morgan fingerprint density at radius 2 is 1.75 bits per heavy atom. The number of ether oxygens (including phenoxy) is 1. The number of nitrogens with one attached hydrogen (secondary N) is 2. The van der Waals surface area contributed by atoms with Crippen LogP contribution in [0.4, 0.5) is 11.4 Å². The number of allylic oxidation sites excluding steroid dienone is 1. The van der Waals surface area contributed by atoms with Gasteiger partial charge in [-0.1, -0.05) is 43.2 Å². The Bertz CT molecular complexity index is 2930. The average molecular weight is 922 g/mol. The number of nitrogens with zero attached hydrogens (tertiary/aromatic N) is 6. The summed E-state index contributed by atoms with van der Waals surface area (Å²) in [6, 6.07) is 20.6. The summed E-state index contributed by atoms with van der Waals surface area (Å²) in [5.41, 5.74) is 6.14. The lowest BCUT2D eigenvalue weighted by atomic mass is 9.72. The molecule has 340 valence electrons. The number of aromatic nitrogens is 4. The molecule has 0 radical (unpaired) electrons. The molecule has 0 atom stereocenters. The lowest BCUT2D eigenvalue weighted by Crippen LogP contribution is -2.47. The Morgan fingerprint density at radius 3 is 2.49 bits per heavy atom. The number of hydrogen-bond donors (Lipinski definition) is 3. The molecule has 0 spiro atoms. The fourth-order valence-electron chi connectivity index (χ4n) is 9.45. The van der Waals surface area contributed by atoms with Gasteiger partial charge in [0.2, 0.25) is 0 Å². The van der Waals surface area contributed by atoms with Crippen molar-refractivity contribution < 1.29 is 28.0 Å². The highest BCUT2D eigenvalue weighted by atomic mass is 35.5. The van der Waals surface area contributed by atoms with Crippen LogP contribution in [0.5, 0.6) is 5.75 Å². The van der Waals surface area contributed by atoms with Crippen molar-refractivity contribution in [2.45, 2.75) is 76.2 Å². The summed E-state index contributed by atoms with van der Waals surface area (Å²) >= 11 is 6.26. The highest BCUT2D eigenvalue weighted by molar-refractivity contribution is 7.90. The molecule has 3 aliphatic rings. The van der Waals surface area contributed by atoms with E-state index in [0.29, 0.717) is 48.1 Å². The van der Waals surface area contributed by atoms with Gasteiger partial charge in [-0.3, -0.25) is 29.6 Å². The number of carbonyl (C=O) groups is 1. The molecule has 2 aliphatic carbocycles. The van der Waals surface area contributed by atoms with Crippen molar-refractivity contribution >= 4 is 66.5 Å². The third-order valence-electron chi connectivity index (χ3n) is 13.4. The first-order valence-corrected chi connectivity index (χ1v) is 24.0. The third-order valence-corrected chi connectivity index (χ3v) is 15.0. The maximum Gasteiger partial charge on any atom is 0.312 e. The van der Waals surface area contributed by atoms with Crippen LogP contribution in [0.3, 0.4) is 0 Å². The Morgan fingerprint density at radius 1 is 1.00 bits per heavy atom. The molecular formula is C48H53ClN8O7S. The Hall–Kier alpha value is -5.81. The van der Waals surface area contributed by atoms with E-state index >= 15 is 0 Å². The average Bonchev–Trinajstić information content (AvgIpc) is 3.92. The fourth-order valence-corrected chi connectivity index (χ4v) is 10.6. The predicted octanol–water partition coefficient (Wildman–Crippen LogP) is 8.69. The second-order valence-electron chi connectivity index (χ2n) is 18.8. The van der Waals surface area contributed by atoms with Crippen LogP contribution in [0.25, 0.3) is 33.3 Å². The molecule has 1 aliphatic heterocycles. The van der Waals surface area contributed by atoms with E-state index in [1.165, 1.54) is 28.8 Å². The standard InChI is InChI=1S/C48H53ClN8O7S/c1-47(2)16-14-34(39(27-47)32-4-6-35(49)7-5-32)29-54-20-22-55(23-21-54)36-8-10-38(41(25-36)56-42-24-33-15-19-50-45(33)52-40(42)28-51-56)46(58)53-65(62,63)37-9-11-44(43(26-37)57(60)61)64-30-31-12-17-48(3,59)18-13-31/h4-11,15,19,24-26,28,31,51,59H,12-14,16-18,20-23,27,29-30H2,1-3H3,(H,53,58). The summed E-state index contributed by atoms with van der Waals surface area (Å²) in [4.78, 5) is 39.0. The number of nitro benzene ring substituents is 1. The molecule has 2 fully saturated rings. The number of halogens is 1. The van der Waals surface area contributed by atoms with Crippen LogP contribution in [0.15, 0.2) is 95.7 Å². The minimum atomic E-state index is -4.61. The fraction of sp³-hybridized carbons (Fsp3) is 0.396. The van der Waals surface area contributed by atoms with Crippen molar-refractivity contribution in [2.75, 3.05) is 44.2 Å². The molecule has 3 aromatic heterocycles. The monoisotopic (exact) mass is 920 g/mol. The minimum Gasteiger partial charge on any atom is -0.487 e. The largest absolute Gasteiger partial charge is 0.487 e. The van der Waals surface area contributed by atoms with Crippen molar-refractivity contribution in [3.05, 3.63) is 117 Å². The molecule has 3 aromatic carbocycles. The van der Waals surface area contributed by atoms with Crippen molar-refractivity contribution in [1.29, 1.82) is 0 Å². The number of rotatable bonds is 12. The van der Waals surface area contributed by atoms with Gasteiger partial charge in [0.1, 0.15) is 5.52 Å². The highest BCUT2D eigenvalue weighted by Crippen LogP contribution is 2.44. The van der Waals surface area contributed by atoms with E-state index in [9.17, 15) is 28.4 Å². The van der Waals surface area contributed by atoms with Crippen LogP contribution in [0, 0.1) is 21.4 Å². The van der Waals surface area contributed by atoms with Gasteiger partial charge in [0.05, 0.1) is 38.8 Å². The van der Waals surface area contributed by atoms with E-state index < -0.39 is 37.0 Å². The molecule has 17 heteroatoms. The molecule has 3 N–H and O–H groups in total. The Kier molecular flexibility index (Phi) is 12.0. The smallest absolute Gasteiger partial charge is 0.312 e. The van der Waals surface area contributed by atoms with E-state index in [-0.39, 0.29) is 29.3 Å². The number of aliphatic hydroxyl groups is 1. The van der Waals surface area contributed by atoms with E-state index in [1.54, 1.807) is 30.1 Å². The maximum absolute atomic E-state index is 14.2. The van der Waals surface area contributed by atoms with Crippen LogP contribution in [0.2, 0.25) is 5.02 Å². The Labute approximate surface area is 382 Å². The molecule has 4 heterocycles. The summed E-state index contributed by atoms with van der Waals surface area (Å²) in [7, 11) is -4.61. The number of pyridine rings is 1. The number of hydrogen-bond acceptors (Lipinski definition) is 11. The topological polar surface area (TPSA) is 189 Å². The first-order chi connectivity index (χ1) is 31.0. The number of fused-ring (bicyclic) bond motifs is 2. The van der Waals surface area contributed by atoms with Gasteiger partial charge >= 0.3 is 5.69 Å². The van der Waals surface area contributed by atoms with Crippen LogP contribution in [-0.2, 0) is 10.0 Å². The van der Waals surface area contributed by atoms with Crippen molar-refractivity contribution in [3.8, 4) is 11.4 Å². The van der Waals surface area contributed by atoms with Gasteiger partial charge in [-0.15, -0.1) is 0 Å². The van der Waals surface area contributed by atoms with E-state index in [0.717, 1.165) is 74.1 Å². The molecule has 1 saturated heterocycles. The molecule has 15 nitrogen and oxygen atoms in total. The zero-order valence-electron chi connectivity index (χ0n) is 36.7. The lowest BCUT2D eigenvalue weighted by molar-refractivity contribution is -0.386. The Balaban J connectivity index is 0.965. The summed E-state index contributed by atoms with van der Waals surface area (Å²) in [5.74, 6) is -0.911. The number of amides is 1. The molecular weight excluding hydrogens is 868 g/mol. The van der Waals surface area contributed by atoms with Gasteiger partial charge in [-0.2, -0.15) is 0 Å². The third kappa shape index (κ3) is 9.62. The van der Waals surface area contributed by atoms with Gasteiger partial charge < -0.3 is 14.7 Å². The normalized spacial score (nSPS) is 20.6. The lowest BCUT2D eigenvalue weighted by Gasteiger charge is -2.39. The van der Waals surface area contributed by atoms with Crippen LogP contribution in [0.1, 0.15) is 81.6 Å². The molecule has 6 aromatic rings. The zero-order chi connectivity index (χ0) is 45.7. The number of carbonyl (C=O) groups excluding carboxylic acids is 1. The number of aromatic amines is 1. The maximum atomic E-state index is 14.2. The summed E-state index contributed by atoms with van der Waals surface area (Å²) in [6.45, 7) is 10.6. The van der Waals surface area contributed by atoms with E-state index in [1.807, 2.05) is 36.4 Å². The molecule has 1 amide bonds. The number of H-pyrrole nitrogens is 1. The first kappa shape index (κ1) is 44.4. The van der Waals surface area contributed by atoms with Crippen molar-refractivity contribution in [3.63, 3.8) is 0 Å². The predicted molar refractivity (Wildman–Crippen MR) is 251 cm³/mol. The summed E-state index contributed by atoms with van der Waals surface area (Å²) < 4.78 is 37.4. The molecule has 65 heavy (non-hydrogen) atoms. The van der Waals surface area contributed by atoms with Crippen LogP contribution >= 0.6 is 11.6 Å². The molecule has 0 unspecified atom stereocenters. The SMILES string of the molecule is CC1(C)CCC(CN2CCN(c3ccc(C(=O)NS(=O)(=O)c4ccc(OCC5CCC(C)(O)CC5)c([N+](=O)[O-])c4)c(-n4[nH]cc5nc6nccc6cc54)c3)CC2)=C(c2ccc(Cl)cc2)C1. The number of sulfonamides is 1. The number of piperazine rings is 1. The van der Waals surface area contributed by atoms with Gasteiger partial charge in [0.25, 0.3) is 15.9 Å². The van der Waals surface area contributed by atoms with Crippen molar-refractivity contribution in [1.82, 2.24) is 29.4 Å². The first-order valence-electron chi connectivity index (χ1n) is 22.1. The minimum absolute atomic E-state index is 0.0493. The second-order valence-corrected chi connectivity index (χ2v) is 20.9. The zero-order valence-corrected chi connectivity index (χ0v) is 38.3. The van der Waals surface area contributed by atoms with Gasteiger partial charge in [-0.25, -0.2) is 23.1 Å². The van der Waals surface area contributed by atoms with Gasteiger partial charge in [-0.05, 0) is 129 Å². The van der Waals surface area contributed by atoms with Crippen molar-refractivity contribution in [2.24, 2.45) is 11.3 Å². The molecule has 9 rings (SSSR count).